The van der Waals surface area contributed by atoms with E-state index in [-0.39, 0.29) is 5.92 Å². The van der Waals surface area contributed by atoms with Gasteiger partial charge in [-0.15, -0.1) is 0 Å². The summed E-state index contributed by atoms with van der Waals surface area (Å²) in [6.45, 7) is 3.87. The van der Waals surface area contributed by atoms with Crippen LogP contribution < -0.4 is 4.90 Å². The van der Waals surface area contributed by atoms with Crippen LogP contribution in [0.3, 0.4) is 0 Å². The number of aromatic nitrogens is 2. The van der Waals surface area contributed by atoms with Crippen molar-refractivity contribution in [2.75, 3.05) is 18.0 Å². The number of hydrogen-bond donors (Lipinski definition) is 1. The highest BCUT2D eigenvalue weighted by Gasteiger charge is 2.25. The van der Waals surface area contributed by atoms with E-state index in [1.165, 1.54) is 19.3 Å². The van der Waals surface area contributed by atoms with Crippen LogP contribution in [-0.2, 0) is 0 Å². The van der Waals surface area contributed by atoms with Gasteiger partial charge in [0, 0.05) is 13.1 Å². The largest absolute Gasteiger partial charge is 0.388 e. The maximum absolute atomic E-state index is 10.4. The Labute approximate surface area is 124 Å². The van der Waals surface area contributed by atoms with E-state index in [1.54, 1.807) is 0 Å². The van der Waals surface area contributed by atoms with E-state index < -0.39 is 6.10 Å². The molecule has 0 bridgehead atoms. The summed E-state index contributed by atoms with van der Waals surface area (Å²) in [4.78, 5) is 6.62. The molecule has 1 N–H and O–H groups in total. The number of piperidine rings is 1. The summed E-state index contributed by atoms with van der Waals surface area (Å²) in [6, 6.07) is 9.57. The Balaban J connectivity index is 1.73. The Kier molecular flexibility index (Phi) is 4.20. The predicted molar refractivity (Wildman–Crippen MR) is 80.2 cm³/mol. The maximum Gasteiger partial charge on any atom is 0.266 e. The Morgan fingerprint density at radius 2 is 1.86 bits per heavy atom. The Morgan fingerprint density at radius 1 is 1.14 bits per heavy atom. The minimum atomic E-state index is -0.638. The number of aliphatic hydroxyl groups is 1. The Bertz CT molecular complexity index is 564. The minimum Gasteiger partial charge on any atom is -0.388 e. The lowest BCUT2D eigenvalue weighted by molar-refractivity contribution is 0.135. The molecule has 2 aromatic rings. The molecule has 5 nitrogen and oxygen atoms in total. The van der Waals surface area contributed by atoms with Crippen molar-refractivity contribution in [3.05, 3.63) is 41.8 Å². The summed E-state index contributed by atoms with van der Waals surface area (Å²) >= 11 is 0. The predicted octanol–water partition coefficient (Wildman–Crippen LogP) is 2.90. The van der Waals surface area contributed by atoms with Crippen molar-refractivity contribution in [3.63, 3.8) is 0 Å². The van der Waals surface area contributed by atoms with Crippen molar-refractivity contribution >= 4 is 5.95 Å². The van der Waals surface area contributed by atoms with Gasteiger partial charge in [0.15, 0.2) is 0 Å². The molecular formula is C16H21N3O2. The standard InChI is InChI=1S/C16H21N3O2/c1-12(14(20)13-8-4-2-5-9-13)15-17-16(18-21-15)19-10-6-3-7-11-19/h2,4-5,8-9,12,14,20H,3,6-7,10-11H2,1H3. The fourth-order valence-electron chi connectivity index (χ4n) is 2.71. The van der Waals surface area contributed by atoms with Gasteiger partial charge in [-0.1, -0.05) is 37.3 Å². The lowest BCUT2D eigenvalue weighted by Crippen LogP contribution is -2.30. The van der Waals surface area contributed by atoms with Crippen LogP contribution in [0.4, 0.5) is 5.95 Å². The Hall–Kier alpha value is -1.88. The molecule has 1 saturated heterocycles. The number of hydrogen-bond acceptors (Lipinski definition) is 5. The van der Waals surface area contributed by atoms with Crippen LogP contribution in [-0.4, -0.2) is 28.3 Å². The lowest BCUT2D eigenvalue weighted by atomic mass is 9.97. The van der Waals surface area contributed by atoms with E-state index in [1.807, 2.05) is 37.3 Å². The van der Waals surface area contributed by atoms with Crippen molar-refractivity contribution in [2.24, 2.45) is 0 Å². The summed E-state index contributed by atoms with van der Waals surface area (Å²) < 4.78 is 5.36. The number of rotatable bonds is 4. The number of nitrogens with zero attached hydrogens (tertiary/aromatic N) is 3. The summed E-state index contributed by atoms with van der Waals surface area (Å²) in [5, 5.41) is 14.5. The summed E-state index contributed by atoms with van der Waals surface area (Å²) in [5.41, 5.74) is 0.864. The third kappa shape index (κ3) is 3.08. The van der Waals surface area contributed by atoms with Gasteiger partial charge < -0.3 is 14.5 Å². The summed E-state index contributed by atoms with van der Waals surface area (Å²) in [7, 11) is 0. The molecule has 1 aromatic heterocycles. The zero-order chi connectivity index (χ0) is 14.7. The molecule has 0 saturated carbocycles. The van der Waals surface area contributed by atoms with Gasteiger partial charge in [-0.25, -0.2) is 0 Å². The second-order valence-corrected chi connectivity index (χ2v) is 5.62. The first-order valence-electron chi connectivity index (χ1n) is 7.57. The van der Waals surface area contributed by atoms with Gasteiger partial charge in [0.25, 0.3) is 5.95 Å². The van der Waals surface area contributed by atoms with E-state index in [0.717, 1.165) is 18.7 Å². The van der Waals surface area contributed by atoms with Gasteiger partial charge in [-0.05, 0) is 30.0 Å². The van der Waals surface area contributed by atoms with Crippen LogP contribution in [0.5, 0.6) is 0 Å². The highest BCUT2D eigenvalue weighted by atomic mass is 16.5. The molecule has 1 aromatic carbocycles. The van der Waals surface area contributed by atoms with E-state index in [2.05, 4.69) is 15.0 Å². The number of anilines is 1. The molecule has 1 aliphatic rings. The second kappa shape index (κ2) is 6.26. The molecule has 2 heterocycles. The molecule has 2 unspecified atom stereocenters. The normalized spacial score (nSPS) is 18.5. The van der Waals surface area contributed by atoms with Crippen molar-refractivity contribution in [1.29, 1.82) is 0 Å². The van der Waals surface area contributed by atoms with Crippen LogP contribution in [0.1, 0.15) is 49.7 Å². The lowest BCUT2D eigenvalue weighted by Gasteiger charge is -2.24. The van der Waals surface area contributed by atoms with Crippen LogP contribution in [0.25, 0.3) is 0 Å². The van der Waals surface area contributed by atoms with E-state index in [9.17, 15) is 5.11 Å². The molecule has 2 atom stereocenters. The topological polar surface area (TPSA) is 62.4 Å². The molecule has 21 heavy (non-hydrogen) atoms. The zero-order valence-corrected chi connectivity index (χ0v) is 12.3. The molecule has 112 valence electrons. The average molecular weight is 287 g/mol. The number of benzene rings is 1. The van der Waals surface area contributed by atoms with E-state index in [4.69, 9.17) is 4.52 Å². The first-order chi connectivity index (χ1) is 10.3. The van der Waals surface area contributed by atoms with Crippen molar-refractivity contribution in [2.45, 2.75) is 38.2 Å². The molecule has 0 aliphatic carbocycles. The molecule has 5 heteroatoms. The molecule has 0 radical (unpaired) electrons. The Morgan fingerprint density at radius 3 is 2.57 bits per heavy atom. The third-order valence-electron chi connectivity index (χ3n) is 4.07. The molecule has 1 fully saturated rings. The third-order valence-corrected chi connectivity index (χ3v) is 4.07. The highest BCUT2D eigenvalue weighted by molar-refractivity contribution is 5.29. The smallest absolute Gasteiger partial charge is 0.266 e. The highest BCUT2D eigenvalue weighted by Crippen LogP contribution is 2.30. The monoisotopic (exact) mass is 287 g/mol. The van der Waals surface area contributed by atoms with Gasteiger partial charge in [0.1, 0.15) is 0 Å². The fourth-order valence-corrected chi connectivity index (χ4v) is 2.71. The first-order valence-corrected chi connectivity index (χ1v) is 7.57. The van der Waals surface area contributed by atoms with Crippen molar-refractivity contribution in [1.82, 2.24) is 10.1 Å². The molecular weight excluding hydrogens is 266 g/mol. The van der Waals surface area contributed by atoms with Gasteiger partial charge in [0.05, 0.1) is 12.0 Å². The SMILES string of the molecule is CC(c1nc(N2CCCCC2)no1)C(O)c1ccccc1. The average Bonchev–Trinajstić information content (AvgIpc) is 3.05. The molecule has 0 amide bonds. The zero-order valence-electron chi connectivity index (χ0n) is 12.3. The molecule has 0 spiro atoms. The quantitative estimate of drug-likeness (QED) is 0.936. The van der Waals surface area contributed by atoms with Gasteiger partial charge >= 0.3 is 0 Å². The first kappa shape index (κ1) is 14.1. The minimum absolute atomic E-state index is 0.224. The van der Waals surface area contributed by atoms with E-state index >= 15 is 0 Å². The van der Waals surface area contributed by atoms with Gasteiger partial charge in [0.2, 0.25) is 5.89 Å². The van der Waals surface area contributed by atoms with E-state index in [0.29, 0.717) is 11.8 Å². The maximum atomic E-state index is 10.4. The van der Waals surface area contributed by atoms with Crippen LogP contribution in [0.15, 0.2) is 34.9 Å². The molecule has 1 aliphatic heterocycles. The van der Waals surface area contributed by atoms with Crippen molar-refractivity contribution in [3.8, 4) is 0 Å². The van der Waals surface area contributed by atoms with Crippen LogP contribution in [0, 0.1) is 0 Å². The van der Waals surface area contributed by atoms with Gasteiger partial charge in [-0.2, -0.15) is 4.98 Å². The summed E-state index contributed by atoms with van der Waals surface area (Å²) in [5.74, 6) is 0.919. The molecule has 3 rings (SSSR count). The van der Waals surface area contributed by atoms with Crippen molar-refractivity contribution < 1.29 is 9.63 Å². The number of aliphatic hydroxyl groups excluding tert-OH is 1. The summed E-state index contributed by atoms with van der Waals surface area (Å²) in [6.07, 6.45) is 2.98. The van der Waals surface area contributed by atoms with Crippen LogP contribution >= 0.6 is 0 Å². The van der Waals surface area contributed by atoms with Gasteiger partial charge in [-0.3, -0.25) is 0 Å². The second-order valence-electron chi connectivity index (χ2n) is 5.62. The van der Waals surface area contributed by atoms with Crippen LogP contribution in [0.2, 0.25) is 0 Å². The fraction of sp³-hybridized carbons (Fsp3) is 0.500.